The van der Waals surface area contributed by atoms with Crippen molar-refractivity contribution in [1.82, 2.24) is 10.3 Å². The van der Waals surface area contributed by atoms with E-state index in [0.717, 1.165) is 0 Å². The van der Waals surface area contributed by atoms with Crippen molar-refractivity contribution in [3.8, 4) is 0 Å². The standard InChI is InChI=1S/C12H18N2O3/c1-3-12(17,4-2)8-14-11(16)9-5-6-10(15)13-7-9/h5-7,17H,3-4,8H2,1-2H3,(H,13,15)(H,14,16). The highest BCUT2D eigenvalue weighted by Gasteiger charge is 2.22. The minimum atomic E-state index is -0.863. The number of hydrogen-bond acceptors (Lipinski definition) is 3. The molecule has 0 aliphatic carbocycles. The van der Waals surface area contributed by atoms with E-state index in [-0.39, 0.29) is 18.0 Å². The van der Waals surface area contributed by atoms with E-state index in [1.165, 1.54) is 18.3 Å². The summed E-state index contributed by atoms with van der Waals surface area (Å²) in [7, 11) is 0. The summed E-state index contributed by atoms with van der Waals surface area (Å²) < 4.78 is 0. The molecule has 1 heterocycles. The number of carbonyl (C=O) groups is 1. The highest BCUT2D eigenvalue weighted by atomic mass is 16.3. The van der Waals surface area contributed by atoms with Gasteiger partial charge in [-0.3, -0.25) is 9.59 Å². The van der Waals surface area contributed by atoms with E-state index in [9.17, 15) is 14.7 Å². The van der Waals surface area contributed by atoms with Crippen molar-refractivity contribution in [2.24, 2.45) is 0 Å². The van der Waals surface area contributed by atoms with Crippen molar-refractivity contribution in [2.45, 2.75) is 32.3 Å². The summed E-state index contributed by atoms with van der Waals surface area (Å²) in [6.07, 6.45) is 2.51. The van der Waals surface area contributed by atoms with Gasteiger partial charge in [0.25, 0.3) is 5.91 Å². The summed E-state index contributed by atoms with van der Waals surface area (Å²) in [5.74, 6) is -0.304. The maximum Gasteiger partial charge on any atom is 0.252 e. The van der Waals surface area contributed by atoms with Gasteiger partial charge in [-0.05, 0) is 18.9 Å². The number of nitrogens with one attached hydrogen (secondary N) is 2. The molecule has 1 amide bonds. The summed E-state index contributed by atoms with van der Waals surface area (Å²) in [6, 6.07) is 2.74. The van der Waals surface area contributed by atoms with Crippen LogP contribution in [0.3, 0.4) is 0 Å². The third-order valence-corrected chi connectivity index (χ3v) is 2.94. The first-order valence-corrected chi connectivity index (χ1v) is 5.70. The quantitative estimate of drug-likeness (QED) is 0.704. The van der Waals surface area contributed by atoms with E-state index in [0.29, 0.717) is 18.4 Å². The largest absolute Gasteiger partial charge is 0.388 e. The van der Waals surface area contributed by atoms with E-state index in [4.69, 9.17) is 0 Å². The maximum absolute atomic E-state index is 11.7. The highest BCUT2D eigenvalue weighted by Crippen LogP contribution is 2.12. The first kappa shape index (κ1) is 13.4. The van der Waals surface area contributed by atoms with E-state index >= 15 is 0 Å². The molecule has 17 heavy (non-hydrogen) atoms. The third kappa shape index (κ3) is 3.71. The molecule has 0 radical (unpaired) electrons. The third-order valence-electron chi connectivity index (χ3n) is 2.94. The van der Waals surface area contributed by atoms with Crippen molar-refractivity contribution in [3.63, 3.8) is 0 Å². The lowest BCUT2D eigenvalue weighted by atomic mass is 9.97. The first-order chi connectivity index (χ1) is 8.00. The Morgan fingerprint density at radius 3 is 2.53 bits per heavy atom. The lowest BCUT2D eigenvalue weighted by molar-refractivity contribution is 0.0314. The molecule has 3 N–H and O–H groups in total. The molecule has 0 saturated heterocycles. The van der Waals surface area contributed by atoms with Crippen molar-refractivity contribution in [3.05, 3.63) is 34.2 Å². The number of aliphatic hydroxyl groups is 1. The second kappa shape index (κ2) is 5.63. The van der Waals surface area contributed by atoms with E-state index in [1.54, 1.807) is 0 Å². The van der Waals surface area contributed by atoms with Crippen LogP contribution >= 0.6 is 0 Å². The number of aromatic nitrogens is 1. The first-order valence-electron chi connectivity index (χ1n) is 5.70. The summed E-state index contributed by atoms with van der Waals surface area (Å²) in [4.78, 5) is 24.9. The lowest BCUT2D eigenvalue weighted by Crippen LogP contribution is -2.42. The summed E-state index contributed by atoms with van der Waals surface area (Å²) in [6.45, 7) is 3.95. The lowest BCUT2D eigenvalue weighted by Gasteiger charge is -2.25. The number of H-pyrrole nitrogens is 1. The minimum absolute atomic E-state index is 0.206. The smallest absolute Gasteiger partial charge is 0.252 e. The molecular formula is C12H18N2O3. The normalized spacial score (nSPS) is 11.2. The van der Waals surface area contributed by atoms with Crippen LogP contribution in [0.1, 0.15) is 37.0 Å². The predicted molar refractivity (Wildman–Crippen MR) is 64.9 cm³/mol. The zero-order chi connectivity index (χ0) is 12.9. The van der Waals surface area contributed by atoms with Crippen LogP contribution in [0, 0.1) is 0 Å². The molecule has 94 valence electrons. The Balaban J connectivity index is 2.61. The molecule has 0 unspecified atom stereocenters. The second-order valence-electron chi connectivity index (χ2n) is 4.06. The Kier molecular flexibility index (Phi) is 4.45. The van der Waals surface area contributed by atoms with Crippen LogP contribution < -0.4 is 10.9 Å². The number of pyridine rings is 1. The number of amides is 1. The van der Waals surface area contributed by atoms with Crippen LogP contribution in [0.5, 0.6) is 0 Å². The fraction of sp³-hybridized carbons (Fsp3) is 0.500. The molecule has 5 heteroatoms. The van der Waals surface area contributed by atoms with Gasteiger partial charge in [0.2, 0.25) is 5.56 Å². The predicted octanol–water partition coefficient (Wildman–Crippen LogP) is 0.656. The van der Waals surface area contributed by atoms with Gasteiger partial charge < -0.3 is 15.4 Å². The van der Waals surface area contributed by atoms with Gasteiger partial charge in [-0.1, -0.05) is 13.8 Å². The molecule has 0 atom stereocenters. The van der Waals surface area contributed by atoms with Crippen molar-refractivity contribution < 1.29 is 9.90 Å². The maximum atomic E-state index is 11.7. The Hall–Kier alpha value is -1.62. The molecule has 1 aromatic rings. The van der Waals surface area contributed by atoms with Crippen LogP contribution in [0.25, 0.3) is 0 Å². The molecule has 1 aromatic heterocycles. The molecular weight excluding hydrogens is 220 g/mol. The van der Waals surface area contributed by atoms with Crippen LogP contribution in [0.2, 0.25) is 0 Å². The van der Waals surface area contributed by atoms with Crippen LogP contribution in [0.4, 0.5) is 0 Å². The average Bonchev–Trinajstić information content (AvgIpc) is 2.36. The number of carbonyl (C=O) groups excluding carboxylic acids is 1. The zero-order valence-electron chi connectivity index (χ0n) is 10.1. The van der Waals surface area contributed by atoms with Crippen molar-refractivity contribution >= 4 is 5.91 Å². The van der Waals surface area contributed by atoms with Crippen LogP contribution in [-0.4, -0.2) is 28.1 Å². The van der Waals surface area contributed by atoms with E-state index in [2.05, 4.69) is 10.3 Å². The second-order valence-corrected chi connectivity index (χ2v) is 4.06. The molecule has 0 aliphatic rings. The Morgan fingerprint density at radius 1 is 1.41 bits per heavy atom. The summed E-state index contributed by atoms with van der Waals surface area (Å²) in [5.41, 5.74) is -0.739. The van der Waals surface area contributed by atoms with Gasteiger partial charge in [0, 0.05) is 18.8 Å². The monoisotopic (exact) mass is 238 g/mol. The zero-order valence-corrected chi connectivity index (χ0v) is 10.1. The Morgan fingerprint density at radius 2 is 2.06 bits per heavy atom. The van der Waals surface area contributed by atoms with E-state index in [1.807, 2.05) is 13.8 Å². The van der Waals surface area contributed by atoms with Gasteiger partial charge in [0.05, 0.1) is 11.2 Å². The minimum Gasteiger partial charge on any atom is -0.388 e. The molecule has 0 aliphatic heterocycles. The molecule has 0 aromatic carbocycles. The van der Waals surface area contributed by atoms with Gasteiger partial charge in [-0.25, -0.2) is 0 Å². The van der Waals surface area contributed by atoms with Gasteiger partial charge in [0.1, 0.15) is 0 Å². The van der Waals surface area contributed by atoms with Crippen molar-refractivity contribution in [1.29, 1.82) is 0 Å². The fourth-order valence-electron chi connectivity index (χ4n) is 1.40. The molecule has 0 bridgehead atoms. The number of hydrogen-bond donors (Lipinski definition) is 3. The Bertz CT molecular complexity index is 415. The van der Waals surface area contributed by atoms with Gasteiger partial charge >= 0.3 is 0 Å². The number of rotatable bonds is 5. The summed E-state index contributed by atoms with van der Waals surface area (Å²) >= 11 is 0. The summed E-state index contributed by atoms with van der Waals surface area (Å²) in [5, 5.41) is 12.6. The van der Waals surface area contributed by atoms with Gasteiger partial charge in [0.15, 0.2) is 0 Å². The van der Waals surface area contributed by atoms with Gasteiger partial charge in [-0.15, -0.1) is 0 Å². The molecule has 5 nitrogen and oxygen atoms in total. The van der Waals surface area contributed by atoms with Crippen molar-refractivity contribution in [2.75, 3.05) is 6.54 Å². The molecule has 0 spiro atoms. The number of aromatic amines is 1. The molecule has 0 fully saturated rings. The fourth-order valence-corrected chi connectivity index (χ4v) is 1.40. The van der Waals surface area contributed by atoms with E-state index < -0.39 is 5.60 Å². The average molecular weight is 238 g/mol. The van der Waals surface area contributed by atoms with Crippen LogP contribution in [-0.2, 0) is 0 Å². The highest BCUT2D eigenvalue weighted by molar-refractivity contribution is 5.93. The van der Waals surface area contributed by atoms with Gasteiger partial charge in [-0.2, -0.15) is 0 Å². The topological polar surface area (TPSA) is 82.2 Å². The Labute approximate surface area is 99.9 Å². The molecule has 0 saturated carbocycles. The SMILES string of the molecule is CCC(O)(CC)CNC(=O)c1ccc(=O)[nH]c1. The van der Waals surface area contributed by atoms with Crippen LogP contribution in [0.15, 0.2) is 23.1 Å². The molecule has 1 rings (SSSR count).